The molecule has 1 aromatic heterocycles. The van der Waals surface area contributed by atoms with Gasteiger partial charge in [0, 0.05) is 0 Å². The predicted molar refractivity (Wildman–Crippen MR) is 24.7 cm³/mol. The van der Waals surface area contributed by atoms with Crippen molar-refractivity contribution in [3.8, 4) is 5.95 Å². The summed E-state index contributed by atoms with van der Waals surface area (Å²) in [5, 5.41) is 13.7. The second-order valence-corrected chi connectivity index (χ2v) is 2.39. The summed E-state index contributed by atoms with van der Waals surface area (Å²) in [5.41, 5.74) is -0.627. The van der Waals surface area contributed by atoms with E-state index in [1.807, 2.05) is 0 Å². The van der Waals surface area contributed by atoms with Gasteiger partial charge in [-0.3, -0.25) is 0 Å². The molecule has 1 aliphatic heterocycles. The average molecular weight is 162 g/mol. The molecule has 4 nitrogen and oxygen atoms in total. The molecule has 1 aliphatic rings. The van der Waals surface area contributed by atoms with Crippen molar-refractivity contribution in [3.05, 3.63) is 5.69 Å². The molecule has 0 radical (unpaired) electrons. The van der Waals surface area contributed by atoms with E-state index < -0.39 is 17.6 Å². The van der Waals surface area contributed by atoms with Crippen LogP contribution in [0.4, 0.5) is 8.78 Å². The normalized spacial score (nSPS) is 20.2. The third-order valence-electron chi connectivity index (χ3n) is 1.66. The maximum atomic E-state index is 12.7. The molecule has 11 heavy (non-hydrogen) atoms. The summed E-state index contributed by atoms with van der Waals surface area (Å²) in [6, 6.07) is 0. The first kappa shape index (κ1) is 6.51. The van der Waals surface area contributed by atoms with E-state index in [1.54, 1.807) is 0 Å². The van der Waals surface area contributed by atoms with Gasteiger partial charge in [0.2, 0.25) is 0 Å². The Labute approximate surface area is 60.0 Å². The number of nitrogens with zero attached hydrogens (tertiary/aromatic N) is 2. The molecule has 0 saturated heterocycles. The van der Waals surface area contributed by atoms with Gasteiger partial charge in [0.05, 0.1) is 11.7 Å². The van der Waals surface area contributed by atoms with Crippen LogP contribution in [0.15, 0.2) is 4.52 Å². The zero-order chi connectivity index (χ0) is 8.06. The fraction of sp³-hybridized carbons (Fsp3) is 0.600. The minimum Gasteiger partial charge on any atom is -0.539 e. The van der Waals surface area contributed by atoms with Crippen LogP contribution in [0.1, 0.15) is 12.1 Å². The molecule has 0 aliphatic carbocycles. The van der Waals surface area contributed by atoms with Gasteiger partial charge in [0.1, 0.15) is 0 Å². The Hall–Kier alpha value is -1.20. The maximum absolute atomic E-state index is 12.7. The van der Waals surface area contributed by atoms with Gasteiger partial charge in [0.25, 0.3) is 0 Å². The Bertz CT molecular complexity index is 297. The third kappa shape index (κ3) is 0.718. The maximum Gasteiger partial charge on any atom is 0.340 e. The highest BCUT2D eigenvalue weighted by Crippen LogP contribution is 2.36. The summed E-state index contributed by atoms with van der Waals surface area (Å²) in [6.07, 6.45) is -0.360. The average Bonchev–Trinajstić information content (AvgIpc) is 2.38. The van der Waals surface area contributed by atoms with Gasteiger partial charge >= 0.3 is 11.6 Å². The second kappa shape index (κ2) is 1.69. The molecule has 1 aromatic rings. The van der Waals surface area contributed by atoms with Crippen molar-refractivity contribution < 1.29 is 23.1 Å². The predicted octanol–water partition coefficient (Wildman–Crippen LogP) is -0.469. The number of hydrogen-bond donors (Lipinski definition) is 0. The first-order valence-corrected chi connectivity index (χ1v) is 3.06. The van der Waals surface area contributed by atoms with E-state index in [0.29, 0.717) is 0 Å². The molecule has 0 amide bonds. The van der Waals surface area contributed by atoms with Crippen molar-refractivity contribution in [2.24, 2.45) is 0 Å². The number of halogens is 2. The van der Waals surface area contributed by atoms with Gasteiger partial charge in [0.15, 0.2) is 12.5 Å². The topological polar surface area (TPSA) is 53.0 Å². The molecule has 0 aromatic carbocycles. The van der Waals surface area contributed by atoms with Crippen molar-refractivity contribution in [2.75, 3.05) is 0 Å². The number of rotatable bonds is 0. The quantitative estimate of drug-likeness (QED) is 0.484. The van der Waals surface area contributed by atoms with Crippen LogP contribution in [0.2, 0.25) is 0 Å². The molecule has 2 rings (SSSR count). The highest BCUT2D eigenvalue weighted by Gasteiger charge is 2.50. The monoisotopic (exact) mass is 162 g/mol. The number of fused-ring (bicyclic) bond motifs is 1. The summed E-state index contributed by atoms with van der Waals surface area (Å²) in [5.74, 6) is -4.09. The second-order valence-electron chi connectivity index (χ2n) is 2.39. The minimum absolute atomic E-state index is 0.0497. The summed E-state index contributed by atoms with van der Waals surface area (Å²) >= 11 is 0. The molecule has 60 valence electrons. The number of aryl methyl sites for hydroxylation is 1. The number of alkyl halides is 2. The Morgan fingerprint density at radius 3 is 3.00 bits per heavy atom. The van der Waals surface area contributed by atoms with Gasteiger partial charge in [-0.2, -0.15) is 8.78 Å². The first-order chi connectivity index (χ1) is 5.11. The van der Waals surface area contributed by atoms with E-state index in [4.69, 9.17) is 0 Å². The van der Waals surface area contributed by atoms with E-state index in [0.717, 1.165) is 4.68 Å². The lowest BCUT2D eigenvalue weighted by Gasteiger charge is -2.01. The van der Waals surface area contributed by atoms with E-state index in [-0.39, 0.29) is 13.0 Å². The molecular weight excluding hydrogens is 158 g/mol. The highest BCUT2D eigenvalue weighted by molar-refractivity contribution is 5.11. The first-order valence-electron chi connectivity index (χ1n) is 3.06. The van der Waals surface area contributed by atoms with Gasteiger partial charge in [-0.15, -0.1) is 0 Å². The molecule has 0 unspecified atom stereocenters. The largest absolute Gasteiger partial charge is 0.539 e. The van der Waals surface area contributed by atoms with Crippen LogP contribution in [-0.2, 0) is 12.5 Å². The van der Waals surface area contributed by atoms with Crippen LogP contribution in [0.25, 0.3) is 0 Å². The Kier molecular flexibility index (Phi) is 1.000. The Morgan fingerprint density at radius 2 is 2.36 bits per heavy atom. The van der Waals surface area contributed by atoms with Gasteiger partial charge in [-0.1, -0.05) is 4.68 Å². The van der Waals surface area contributed by atoms with E-state index in [9.17, 15) is 13.9 Å². The molecule has 0 bridgehead atoms. The lowest BCUT2D eigenvalue weighted by molar-refractivity contribution is -0.758. The van der Waals surface area contributed by atoms with Crippen LogP contribution in [0, 0.1) is 0 Å². The summed E-state index contributed by atoms with van der Waals surface area (Å²) in [7, 11) is 0. The third-order valence-corrected chi connectivity index (χ3v) is 1.66. The van der Waals surface area contributed by atoms with Crippen LogP contribution < -0.4 is 9.79 Å². The smallest absolute Gasteiger partial charge is 0.340 e. The Balaban J connectivity index is 2.60. The lowest BCUT2D eigenvalue weighted by Crippen LogP contribution is -2.35. The molecule has 0 N–H and O–H groups in total. The van der Waals surface area contributed by atoms with Crippen LogP contribution in [0.3, 0.4) is 0 Å². The standard InChI is InChI=1S/C5H4F2N2O2/c6-5(7)1-2-9-3(5)4(10)11-8-9/h1-2H2. The zero-order valence-corrected chi connectivity index (χ0v) is 5.38. The molecular formula is C5H4F2N2O2. The SMILES string of the molecule is [O-]c1on[n+]2c1C(F)(F)CC2. The fourth-order valence-electron chi connectivity index (χ4n) is 1.13. The van der Waals surface area contributed by atoms with E-state index in [1.165, 1.54) is 0 Å². The van der Waals surface area contributed by atoms with Crippen molar-refractivity contribution >= 4 is 0 Å². The fourth-order valence-corrected chi connectivity index (χ4v) is 1.13. The van der Waals surface area contributed by atoms with Crippen LogP contribution in [-0.4, -0.2) is 5.27 Å². The molecule has 2 heterocycles. The van der Waals surface area contributed by atoms with Crippen molar-refractivity contribution in [3.63, 3.8) is 0 Å². The van der Waals surface area contributed by atoms with E-state index >= 15 is 0 Å². The molecule has 0 atom stereocenters. The molecule has 6 heteroatoms. The number of hydrogen-bond acceptors (Lipinski definition) is 3. The number of aromatic nitrogens is 2. The molecule has 0 spiro atoms. The zero-order valence-electron chi connectivity index (χ0n) is 5.38. The lowest BCUT2D eigenvalue weighted by atomic mass is 10.2. The van der Waals surface area contributed by atoms with Crippen molar-refractivity contribution in [1.82, 2.24) is 5.27 Å². The Morgan fingerprint density at radius 1 is 1.64 bits per heavy atom. The minimum atomic E-state index is -3.06. The van der Waals surface area contributed by atoms with Crippen molar-refractivity contribution in [2.45, 2.75) is 18.9 Å². The van der Waals surface area contributed by atoms with Gasteiger partial charge < -0.3 is 9.63 Å². The van der Waals surface area contributed by atoms with E-state index in [2.05, 4.69) is 9.79 Å². The van der Waals surface area contributed by atoms with Crippen molar-refractivity contribution in [1.29, 1.82) is 0 Å². The van der Waals surface area contributed by atoms with Crippen LogP contribution >= 0.6 is 0 Å². The van der Waals surface area contributed by atoms with Gasteiger partial charge in [-0.25, -0.2) is 0 Å². The highest BCUT2D eigenvalue weighted by atomic mass is 19.3. The molecule has 0 fully saturated rings. The van der Waals surface area contributed by atoms with Crippen LogP contribution in [0.5, 0.6) is 5.95 Å². The van der Waals surface area contributed by atoms with Gasteiger partial charge in [-0.05, 0) is 0 Å². The molecule has 0 saturated carbocycles. The summed E-state index contributed by atoms with van der Waals surface area (Å²) in [6.45, 7) is 0.0497. The summed E-state index contributed by atoms with van der Waals surface area (Å²) in [4.78, 5) is 0. The summed E-state index contributed by atoms with van der Waals surface area (Å²) < 4.78 is 30.4.